The number of nitrogens with zero attached hydrogens (tertiary/aromatic N) is 1. The molecule has 0 atom stereocenters. The van der Waals surface area contributed by atoms with Crippen LogP contribution in [0.25, 0.3) is 0 Å². The van der Waals surface area contributed by atoms with Crippen LogP contribution in [-0.4, -0.2) is 28.5 Å². The molecule has 104 valence electrons. The zero-order valence-electron chi connectivity index (χ0n) is 11.4. The second-order valence-electron chi connectivity index (χ2n) is 5.58. The lowest BCUT2D eigenvalue weighted by molar-refractivity contribution is 0.0730. The molecule has 1 aromatic carbocycles. The minimum atomic E-state index is -0.653. The molecule has 1 N–H and O–H groups in total. The summed E-state index contributed by atoms with van der Waals surface area (Å²) in [7, 11) is 0. The highest BCUT2D eigenvalue weighted by molar-refractivity contribution is 5.95. The van der Waals surface area contributed by atoms with Crippen LogP contribution in [0.2, 0.25) is 0 Å². The van der Waals surface area contributed by atoms with Crippen molar-refractivity contribution in [1.29, 1.82) is 0 Å². The predicted molar refractivity (Wildman–Crippen MR) is 71.6 cm³/mol. The summed E-state index contributed by atoms with van der Waals surface area (Å²) in [6, 6.07) is 3.96. The first-order valence-corrected chi connectivity index (χ1v) is 6.78. The first-order chi connectivity index (χ1) is 8.99. The minimum absolute atomic E-state index is 0.0495. The van der Waals surface area contributed by atoms with Gasteiger partial charge in [0.1, 0.15) is 11.6 Å². The van der Waals surface area contributed by atoms with Gasteiger partial charge >= 0.3 is 0 Å². The van der Waals surface area contributed by atoms with Crippen LogP contribution in [0.1, 0.15) is 43.5 Å². The van der Waals surface area contributed by atoms with Crippen molar-refractivity contribution >= 4 is 5.91 Å². The number of amides is 1. The van der Waals surface area contributed by atoms with Gasteiger partial charge in [0.15, 0.2) is 0 Å². The van der Waals surface area contributed by atoms with Crippen LogP contribution in [0.15, 0.2) is 18.2 Å². The molecule has 1 aliphatic carbocycles. The highest BCUT2D eigenvalue weighted by Crippen LogP contribution is 2.29. The Morgan fingerprint density at radius 2 is 2.16 bits per heavy atom. The average molecular weight is 265 g/mol. The van der Waals surface area contributed by atoms with Gasteiger partial charge in [-0.05, 0) is 37.3 Å². The van der Waals surface area contributed by atoms with Crippen LogP contribution in [0.5, 0.6) is 5.75 Å². The van der Waals surface area contributed by atoms with E-state index < -0.39 is 5.82 Å². The Balaban J connectivity index is 2.14. The van der Waals surface area contributed by atoms with Gasteiger partial charge in [-0.15, -0.1) is 0 Å². The third-order valence-corrected chi connectivity index (χ3v) is 3.38. The van der Waals surface area contributed by atoms with E-state index in [1.807, 2.05) is 0 Å². The standard InChI is InChI=1S/C15H20FNO2/c1-10(2)7-8-17(11-3-4-11)15(19)13-6-5-12(18)9-14(13)16/h5-6,9-11,18H,3-4,7-8H2,1-2H3. The summed E-state index contributed by atoms with van der Waals surface area (Å²) in [4.78, 5) is 14.1. The van der Waals surface area contributed by atoms with Crippen LogP contribution in [0.4, 0.5) is 4.39 Å². The van der Waals surface area contributed by atoms with Gasteiger partial charge in [-0.1, -0.05) is 13.8 Å². The first kappa shape index (κ1) is 13.8. The lowest BCUT2D eigenvalue weighted by Crippen LogP contribution is -2.35. The van der Waals surface area contributed by atoms with Gasteiger partial charge in [-0.2, -0.15) is 0 Å². The maximum Gasteiger partial charge on any atom is 0.257 e. The predicted octanol–water partition coefficient (Wildman–Crippen LogP) is 3.18. The fourth-order valence-corrected chi connectivity index (χ4v) is 2.07. The number of halogens is 1. The first-order valence-electron chi connectivity index (χ1n) is 6.78. The van der Waals surface area contributed by atoms with E-state index in [9.17, 15) is 14.3 Å². The second-order valence-corrected chi connectivity index (χ2v) is 5.58. The summed E-state index contributed by atoms with van der Waals surface area (Å²) in [6.07, 6.45) is 2.93. The molecule has 0 spiro atoms. The monoisotopic (exact) mass is 265 g/mol. The zero-order chi connectivity index (χ0) is 14.0. The van der Waals surface area contributed by atoms with Crippen molar-refractivity contribution in [2.75, 3.05) is 6.54 Å². The number of carbonyl (C=O) groups is 1. The molecule has 0 radical (unpaired) electrons. The number of hydrogen-bond donors (Lipinski definition) is 1. The van der Waals surface area contributed by atoms with Gasteiger partial charge in [0.2, 0.25) is 0 Å². The maximum absolute atomic E-state index is 13.7. The molecule has 3 nitrogen and oxygen atoms in total. The Bertz CT molecular complexity index is 469. The van der Waals surface area contributed by atoms with Gasteiger partial charge < -0.3 is 10.0 Å². The molecule has 0 bridgehead atoms. The summed E-state index contributed by atoms with van der Waals surface area (Å²) in [6.45, 7) is 4.88. The van der Waals surface area contributed by atoms with Gasteiger partial charge in [0, 0.05) is 18.7 Å². The van der Waals surface area contributed by atoms with Gasteiger partial charge in [-0.25, -0.2) is 4.39 Å². The summed E-state index contributed by atoms with van der Waals surface area (Å²) < 4.78 is 13.7. The summed E-state index contributed by atoms with van der Waals surface area (Å²) >= 11 is 0. The topological polar surface area (TPSA) is 40.5 Å². The van der Waals surface area contributed by atoms with E-state index in [0.29, 0.717) is 12.5 Å². The summed E-state index contributed by atoms with van der Waals surface area (Å²) in [5, 5.41) is 9.19. The van der Waals surface area contributed by atoms with Crippen LogP contribution in [-0.2, 0) is 0 Å². The molecule has 1 aromatic rings. The molecular weight excluding hydrogens is 245 g/mol. The van der Waals surface area contributed by atoms with Crippen molar-refractivity contribution in [3.63, 3.8) is 0 Å². The Morgan fingerprint density at radius 1 is 1.47 bits per heavy atom. The Labute approximate surface area is 113 Å². The summed E-state index contributed by atoms with van der Waals surface area (Å²) in [5.41, 5.74) is 0.0495. The Hall–Kier alpha value is -1.58. The second kappa shape index (κ2) is 5.59. The zero-order valence-corrected chi connectivity index (χ0v) is 11.4. The molecule has 2 rings (SSSR count). The van der Waals surface area contributed by atoms with Crippen molar-refractivity contribution in [1.82, 2.24) is 4.90 Å². The quantitative estimate of drug-likeness (QED) is 0.888. The molecule has 1 amide bonds. The highest BCUT2D eigenvalue weighted by Gasteiger charge is 2.33. The third kappa shape index (κ3) is 3.46. The molecule has 4 heteroatoms. The van der Waals surface area contributed by atoms with Gasteiger partial charge in [0.25, 0.3) is 5.91 Å². The normalized spacial score (nSPS) is 14.7. The van der Waals surface area contributed by atoms with Crippen LogP contribution in [0, 0.1) is 11.7 Å². The lowest BCUT2D eigenvalue weighted by atomic mass is 10.1. The molecule has 1 aliphatic rings. The number of benzene rings is 1. The maximum atomic E-state index is 13.7. The number of phenolic OH excluding ortho intramolecular Hbond substituents is 1. The fourth-order valence-electron chi connectivity index (χ4n) is 2.07. The Morgan fingerprint density at radius 3 is 2.68 bits per heavy atom. The van der Waals surface area contributed by atoms with E-state index in [1.54, 1.807) is 4.90 Å². The average Bonchev–Trinajstić information content (AvgIpc) is 3.13. The molecule has 0 aliphatic heterocycles. The largest absolute Gasteiger partial charge is 0.508 e. The molecule has 1 fully saturated rings. The number of phenols is 1. The Kier molecular flexibility index (Phi) is 4.08. The molecule has 0 unspecified atom stereocenters. The molecular formula is C15H20FNO2. The van der Waals surface area contributed by atoms with E-state index in [-0.39, 0.29) is 23.3 Å². The highest BCUT2D eigenvalue weighted by atomic mass is 19.1. The SMILES string of the molecule is CC(C)CCN(C(=O)c1ccc(O)cc1F)C1CC1. The number of aromatic hydroxyl groups is 1. The van der Waals surface area contributed by atoms with Crippen molar-refractivity contribution in [3.8, 4) is 5.75 Å². The van der Waals surface area contributed by atoms with E-state index in [1.165, 1.54) is 12.1 Å². The number of hydrogen-bond acceptors (Lipinski definition) is 2. The van der Waals surface area contributed by atoms with E-state index >= 15 is 0 Å². The van der Waals surface area contributed by atoms with Gasteiger partial charge in [-0.3, -0.25) is 4.79 Å². The van der Waals surface area contributed by atoms with Crippen LogP contribution in [0.3, 0.4) is 0 Å². The smallest absolute Gasteiger partial charge is 0.257 e. The van der Waals surface area contributed by atoms with E-state index in [0.717, 1.165) is 25.3 Å². The number of carbonyl (C=O) groups excluding carboxylic acids is 1. The molecule has 1 saturated carbocycles. The van der Waals surface area contributed by atoms with Crippen LogP contribution < -0.4 is 0 Å². The van der Waals surface area contributed by atoms with Crippen molar-refractivity contribution in [3.05, 3.63) is 29.6 Å². The minimum Gasteiger partial charge on any atom is -0.508 e. The number of rotatable bonds is 5. The summed E-state index contributed by atoms with van der Waals surface area (Å²) in [5.74, 6) is -0.561. The molecule has 0 aromatic heterocycles. The van der Waals surface area contributed by atoms with E-state index in [4.69, 9.17) is 0 Å². The molecule has 0 saturated heterocycles. The third-order valence-electron chi connectivity index (χ3n) is 3.38. The lowest BCUT2D eigenvalue weighted by Gasteiger charge is -2.23. The van der Waals surface area contributed by atoms with Crippen molar-refractivity contribution in [2.45, 2.75) is 39.2 Å². The van der Waals surface area contributed by atoms with E-state index in [2.05, 4.69) is 13.8 Å². The van der Waals surface area contributed by atoms with Crippen molar-refractivity contribution < 1.29 is 14.3 Å². The molecule has 0 heterocycles. The fraction of sp³-hybridized carbons (Fsp3) is 0.533. The van der Waals surface area contributed by atoms with Crippen LogP contribution >= 0.6 is 0 Å². The van der Waals surface area contributed by atoms with Gasteiger partial charge in [0.05, 0.1) is 5.56 Å². The molecule has 19 heavy (non-hydrogen) atoms. The van der Waals surface area contributed by atoms with Crippen molar-refractivity contribution in [2.24, 2.45) is 5.92 Å².